The van der Waals surface area contributed by atoms with Crippen molar-refractivity contribution in [1.29, 1.82) is 0 Å². The molecular weight excluding hydrogens is 224 g/mol. The Morgan fingerprint density at radius 2 is 1.94 bits per heavy atom. The maximum absolute atomic E-state index is 5.86. The zero-order chi connectivity index (χ0) is 12.0. The highest BCUT2D eigenvalue weighted by molar-refractivity contribution is 6.29. The van der Waals surface area contributed by atoms with Crippen LogP contribution in [0.4, 0.5) is 5.82 Å². The van der Waals surface area contributed by atoms with Crippen LogP contribution < -0.4 is 4.90 Å². The first-order valence-corrected chi connectivity index (χ1v) is 5.88. The fraction of sp³-hybridized carbons (Fsp3) is 0.636. The van der Waals surface area contributed by atoms with E-state index >= 15 is 0 Å². The zero-order valence-electron chi connectivity index (χ0n) is 10.1. The number of nitrogens with zero attached hydrogens (tertiary/aromatic N) is 4. The van der Waals surface area contributed by atoms with Crippen molar-refractivity contribution in [1.82, 2.24) is 14.9 Å². The van der Waals surface area contributed by atoms with Gasteiger partial charge in [0.05, 0.1) is 0 Å². The number of rotatable bonds is 6. The molecule has 1 aromatic heterocycles. The SMILES string of the molecule is CCCN(CCN(C)C)c1cc(Cl)ncn1. The topological polar surface area (TPSA) is 32.3 Å². The maximum atomic E-state index is 5.86. The lowest BCUT2D eigenvalue weighted by atomic mass is 10.3. The fourth-order valence-corrected chi connectivity index (χ4v) is 1.57. The lowest BCUT2D eigenvalue weighted by Gasteiger charge is -2.24. The number of anilines is 1. The average molecular weight is 243 g/mol. The molecule has 0 aliphatic carbocycles. The molecule has 0 aromatic carbocycles. The van der Waals surface area contributed by atoms with Crippen molar-refractivity contribution < 1.29 is 0 Å². The largest absolute Gasteiger partial charge is 0.355 e. The highest BCUT2D eigenvalue weighted by Gasteiger charge is 2.07. The number of likely N-dealkylation sites (N-methyl/N-ethyl adjacent to an activating group) is 1. The molecule has 0 fully saturated rings. The van der Waals surface area contributed by atoms with Crippen molar-refractivity contribution in [3.63, 3.8) is 0 Å². The van der Waals surface area contributed by atoms with Crippen LogP contribution in [0.5, 0.6) is 0 Å². The standard InChI is InChI=1S/C11H19ClN4/c1-4-5-16(7-6-15(2)3)11-8-10(12)13-9-14-11/h8-9H,4-7H2,1-3H3. The van der Waals surface area contributed by atoms with Gasteiger partial charge in [-0.3, -0.25) is 0 Å². The molecule has 0 atom stereocenters. The van der Waals surface area contributed by atoms with Gasteiger partial charge in [-0.2, -0.15) is 0 Å². The Balaban J connectivity index is 2.68. The van der Waals surface area contributed by atoms with Crippen molar-refractivity contribution in [3.05, 3.63) is 17.5 Å². The highest BCUT2D eigenvalue weighted by atomic mass is 35.5. The van der Waals surface area contributed by atoms with Crippen LogP contribution in [0.1, 0.15) is 13.3 Å². The third kappa shape index (κ3) is 4.33. The summed E-state index contributed by atoms with van der Waals surface area (Å²) in [6, 6.07) is 1.81. The Kier molecular flexibility index (Phi) is 5.49. The van der Waals surface area contributed by atoms with Crippen molar-refractivity contribution >= 4 is 17.4 Å². The molecule has 0 unspecified atom stereocenters. The van der Waals surface area contributed by atoms with Gasteiger partial charge in [-0.25, -0.2) is 9.97 Å². The van der Waals surface area contributed by atoms with E-state index in [2.05, 4.69) is 40.8 Å². The highest BCUT2D eigenvalue weighted by Crippen LogP contribution is 2.14. The Morgan fingerprint density at radius 1 is 1.19 bits per heavy atom. The Bertz CT molecular complexity index is 317. The molecule has 0 aliphatic rings. The molecule has 5 heteroatoms. The molecule has 0 spiro atoms. The molecule has 90 valence electrons. The summed E-state index contributed by atoms with van der Waals surface area (Å²) in [6.07, 6.45) is 2.60. The maximum Gasteiger partial charge on any atom is 0.134 e. The van der Waals surface area contributed by atoms with Gasteiger partial charge in [0.1, 0.15) is 17.3 Å². The lowest BCUT2D eigenvalue weighted by molar-refractivity contribution is 0.412. The van der Waals surface area contributed by atoms with E-state index in [1.54, 1.807) is 0 Å². The van der Waals surface area contributed by atoms with Gasteiger partial charge in [-0.15, -0.1) is 0 Å². The molecule has 0 amide bonds. The smallest absolute Gasteiger partial charge is 0.134 e. The van der Waals surface area contributed by atoms with E-state index in [9.17, 15) is 0 Å². The summed E-state index contributed by atoms with van der Waals surface area (Å²) < 4.78 is 0. The molecule has 0 bridgehead atoms. The first-order valence-electron chi connectivity index (χ1n) is 5.50. The van der Waals surface area contributed by atoms with Crippen LogP contribution in [0.2, 0.25) is 5.15 Å². The number of aromatic nitrogens is 2. The molecular formula is C11H19ClN4. The average Bonchev–Trinajstić information content (AvgIpc) is 2.24. The Morgan fingerprint density at radius 3 is 2.50 bits per heavy atom. The fourth-order valence-electron chi connectivity index (χ4n) is 1.43. The van der Waals surface area contributed by atoms with E-state index < -0.39 is 0 Å². The predicted molar refractivity (Wildman–Crippen MR) is 68.1 cm³/mol. The van der Waals surface area contributed by atoms with E-state index in [1.165, 1.54) is 6.33 Å². The Hall–Kier alpha value is -0.870. The van der Waals surface area contributed by atoms with E-state index in [4.69, 9.17) is 11.6 Å². The molecule has 16 heavy (non-hydrogen) atoms. The van der Waals surface area contributed by atoms with Crippen LogP contribution in [0.15, 0.2) is 12.4 Å². The third-order valence-electron chi connectivity index (χ3n) is 2.25. The normalized spacial score (nSPS) is 10.8. The van der Waals surface area contributed by atoms with Gasteiger partial charge in [0.15, 0.2) is 0 Å². The molecule has 0 saturated heterocycles. The predicted octanol–water partition coefficient (Wildman–Crippen LogP) is 1.91. The van der Waals surface area contributed by atoms with E-state index in [-0.39, 0.29) is 0 Å². The van der Waals surface area contributed by atoms with Crippen LogP contribution in [0.3, 0.4) is 0 Å². The van der Waals surface area contributed by atoms with Gasteiger partial charge in [-0.1, -0.05) is 18.5 Å². The molecule has 4 nitrogen and oxygen atoms in total. The molecule has 1 heterocycles. The van der Waals surface area contributed by atoms with Crippen molar-refractivity contribution in [2.24, 2.45) is 0 Å². The molecule has 0 N–H and O–H groups in total. The van der Waals surface area contributed by atoms with E-state index in [0.29, 0.717) is 5.15 Å². The molecule has 0 saturated carbocycles. The summed E-state index contributed by atoms with van der Waals surface area (Å²) in [4.78, 5) is 12.5. The second kappa shape index (κ2) is 6.66. The van der Waals surface area contributed by atoms with Crippen LogP contribution in [-0.2, 0) is 0 Å². The van der Waals surface area contributed by atoms with Gasteiger partial charge in [0.2, 0.25) is 0 Å². The molecule has 1 aromatic rings. The van der Waals surface area contributed by atoms with Crippen molar-refractivity contribution in [2.45, 2.75) is 13.3 Å². The molecule has 0 radical (unpaired) electrons. The minimum absolute atomic E-state index is 0.496. The third-order valence-corrected chi connectivity index (χ3v) is 2.46. The first-order chi connectivity index (χ1) is 7.63. The minimum Gasteiger partial charge on any atom is -0.355 e. The van der Waals surface area contributed by atoms with Crippen LogP contribution in [0, 0.1) is 0 Å². The number of hydrogen-bond donors (Lipinski definition) is 0. The van der Waals surface area contributed by atoms with Crippen LogP contribution in [0.25, 0.3) is 0 Å². The summed E-state index contributed by atoms with van der Waals surface area (Å²) in [5.74, 6) is 0.906. The Labute approximate surface area is 102 Å². The zero-order valence-corrected chi connectivity index (χ0v) is 10.9. The summed E-state index contributed by atoms with van der Waals surface area (Å²) >= 11 is 5.86. The van der Waals surface area contributed by atoms with Crippen LogP contribution in [-0.4, -0.2) is 48.6 Å². The lowest BCUT2D eigenvalue weighted by Crippen LogP contribution is -2.32. The summed E-state index contributed by atoms with van der Waals surface area (Å²) in [6.45, 7) is 5.10. The van der Waals surface area contributed by atoms with Gasteiger partial charge in [0, 0.05) is 25.7 Å². The quantitative estimate of drug-likeness (QED) is 0.714. The molecule has 1 rings (SSSR count). The van der Waals surface area contributed by atoms with Crippen molar-refractivity contribution in [3.8, 4) is 0 Å². The molecule has 0 aliphatic heterocycles. The van der Waals surface area contributed by atoms with Gasteiger partial charge < -0.3 is 9.80 Å². The minimum atomic E-state index is 0.496. The van der Waals surface area contributed by atoms with E-state index in [1.807, 2.05) is 6.07 Å². The van der Waals surface area contributed by atoms with Crippen LogP contribution >= 0.6 is 11.6 Å². The van der Waals surface area contributed by atoms with Crippen molar-refractivity contribution in [2.75, 3.05) is 38.6 Å². The van der Waals surface area contributed by atoms with Gasteiger partial charge in [0.25, 0.3) is 0 Å². The second-order valence-electron chi connectivity index (χ2n) is 3.99. The van der Waals surface area contributed by atoms with Gasteiger partial charge in [-0.05, 0) is 20.5 Å². The number of hydrogen-bond acceptors (Lipinski definition) is 4. The second-order valence-corrected chi connectivity index (χ2v) is 4.38. The van der Waals surface area contributed by atoms with Gasteiger partial charge >= 0.3 is 0 Å². The summed E-state index contributed by atoms with van der Waals surface area (Å²) in [5.41, 5.74) is 0. The number of halogens is 1. The van der Waals surface area contributed by atoms with E-state index in [0.717, 1.165) is 31.9 Å². The monoisotopic (exact) mass is 242 g/mol. The summed E-state index contributed by atoms with van der Waals surface area (Å²) in [5, 5.41) is 0.496. The first kappa shape index (κ1) is 13.2. The summed E-state index contributed by atoms with van der Waals surface area (Å²) in [7, 11) is 4.13.